The van der Waals surface area contributed by atoms with Gasteiger partial charge >= 0.3 is 0 Å². The lowest BCUT2D eigenvalue weighted by atomic mass is 10.2. The summed E-state index contributed by atoms with van der Waals surface area (Å²) < 4.78 is 6.58. The quantitative estimate of drug-likeness (QED) is 0.783. The second-order valence-corrected chi connectivity index (χ2v) is 4.22. The van der Waals surface area contributed by atoms with Crippen molar-refractivity contribution in [3.63, 3.8) is 0 Å². The maximum absolute atomic E-state index is 12.2. The first-order chi connectivity index (χ1) is 8.54. The lowest BCUT2D eigenvalue weighted by Crippen LogP contribution is -2.38. The van der Waals surface area contributed by atoms with Crippen molar-refractivity contribution < 1.29 is 9.53 Å². The Kier molecular flexibility index (Phi) is 5.15. The third-order valence-electron chi connectivity index (χ3n) is 2.91. The Morgan fingerprint density at radius 3 is 2.67 bits per heavy atom. The maximum Gasteiger partial charge on any atom is 0.271 e. The van der Waals surface area contributed by atoms with Gasteiger partial charge in [-0.3, -0.25) is 9.48 Å². The Hall–Kier alpha value is -1.56. The summed E-state index contributed by atoms with van der Waals surface area (Å²) in [4.78, 5) is 12.2. The lowest BCUT2D eigenvalue weighted by Gasteiger charge is -2.16. The summed E-state index contributed by atoms with van der Waals surface area (Å²) >= 11 is 0. The number of methoxy groups -OCH3 is 1. The number of carbonyl (C=O) groups is 1. The second kappa shape index (κ2) is 6.39. The van der Waals surface area contributed by atoms with Crippen LogP contribution in [0.3, 0.4) is 0 Å². The molecule has 0 saturated carbocycles. The van der Waals surface area contributed by atoms with Gasteiger partial charge in [-0.1, -0.05) is 13.8 Å². The molecule has 1 unspecified atom stereocenters. The molecule has 0 spiro atoms. The Bertz CT molecular complexity index is 414. The lowest BCUT2D eigenvalue weighted by molar-refractivity contribution is 0.0886. The van der Waals surface area contributed by atoms with E-state index in [1.165, 1.54) is 4.68 Å². The zero-order valence-electron chi connectivity index (χ0n) is 11.5. The molecule has 0 fully saturated rings. The first kappa shape index (κ1) is 14.5. The molecule has 6 heteroatoms. The summed E-state index contributed by atoms with van der Waals surface area (Å²) in [5.74, 6) is -0.203. The Morgan fingerprint density at radius 2 is 2.22 bits per heavy atom. The number of nitrogen functional groups attached to an aromatic ring is 1. The van der Waals surface area contributed by atoms with Crippen LogP contribution in [0, 0.1) is 0 Å². The number of carbonyl (C=O) groups excluding carboxylic acids is 1. The molecular weight excluding hydrogens is 232 g/mol. The molecule has 0 aromatic carbocycles. The SMILES string of the molecule is CCc1nn(C)c(C(=O)NC(CC)COC)c1N. The fourth-order valence-electron chi connectivity index (χ4n) is 1.84. The van der Waals surface area contributed by atoms with Crippen LogP contribution in [0.2, 0.25) is 0 Å². The number of hydrogen-bond acceptors (Lipinski definition) is 4. The van der Waals surface area contributed by atoms with Crippen molar-refractivity contribution >= 4 is 11.6 Å². The zero-order valence-corrected chi connectivity index (χ0v) is 11.5. The van der Waals surface area contributed by atoms with Crippen LogP contribution >= 0.6 is 0 Å². The molecule has 0 radical (unpaired) electrons. The van der Waals surface area contributed by atoms with Gasteiger partial charge in [0.2, 0.25) is 0 Å². The molecule has 0 saturated heterocycles. The van der Waals surface area contributed by atoms with Crippen LogP contribution in [0.25, 0.3) is 0 Å². The molecule has 0 bridgehead atoms. The molecule has 0 aliphatic rings. The third kappa shape index (κ3) is 3.01. The van der Waals surface area contributed by atoms with Crippen molar-refractivity contribution in [1.82, 2.24) is 15.1 Å². The minimum atomic E-state index is -0.203. The summed E-state index contributed by atoms with van der Waals surface area (Å²) in [6, 6.07) is -0.0122. The number of aryl methyl sites for hydroxylation is 2. The fourth-order valence-corrected chi connectivity index (χ4v) is 1.84. The monoisotopic (exact) mass is 254 g/mol. The smallest absolute Gasteiger partial charge is 0.271 e. The van der Waals surface area contributed by atoms with Crippen molar-refractivity contribution in [3.05, 3.63) is 11.4 Å². The summed E-state index contributed by atoms with van der Waals surface area (Å²) in [5, 5.41) is 7.13. The van der Waals surface area contributed by atoms with E-state index < -0.39 is 0 Å². The average Bonchev–Trinajstić information content (AvgIpc) is 2.63. The molecule has 1 rings (SSSR count). The molecule has 18 heavy (non-hydrogen) atoms. The number of aromatic nitrogens is 2. The minimum Gasteiger partial charge on any atom is -0.395 e. The highest BCUT2D eigenvalue weighted by molar-refractivity contribution is 5.98. The van der Waals surface area contributed by atoms with E-state index in [0.29, 0.717) is 24.4 Å². The standard InChI is InChI=1S/C12H22N4O2/c1-5-8(7-18-4)14-12(17)11-10(13)9(6-2)15-16(11)3/h8H,5-7,13H2,1-4H3,(H,14,17). The van der Waals surface area contributed by atoms with Gasteiger partial charge in [0.25, 0.3) is 5.91 Å². The van der Waals surface area contributed by atoms with Crippen molar-refractivity contribution in [2.45, 2.75) is 32.7 Å². The molecule has 6 nitrogen and oxygen atoms in total. The van der Waals surface area contributed by atoms with Crippen LogP contribution in [0.4, 0.5) is 5.69 Å². The van der Waals surface area contributed by atoms with Crippen LogP contribution in [0.1, 0.15) is 36.5 Å². The number of anilines is 1. The van der Waals surface area contributed by atoms with E-state index in [0.717, 1.165) is 12.1 Å². The largest absolute Gasteiger partial charge is 0.395 e. The van der Waals surface area contributed by atoms with Gasteiger partial charge < -0.3 is 15.8 Å². The van der Waals surface area contributed by atoms with Crippen LogP contribution in [0.5, 0.6) is 0 Å². The summed E-state index contributed by atoms with van der Waals surface area (Å²) in [6.07, 6.45) is 1.51. The number of nitrogens with zero attached hydrogens (tertiary/aromatic N) is 2. The van der Waals surface area contributed by atoms with Crippen molar-refractivity contribution in [2.75, 3.05) is 19.5 Å². The average molecular weight is 254 g/mol. The molecule has 1 aromatic rings. The highest BCUT2D eigenvalue weighted by atomic mass is 16.5. The predicted molar refractivity (Wildman–Crippen MR) is 70.4 cm³/mol. The van der Waals surface area contributed by atoms with Gasteiger partial charge in [0, 0.05) is 14.2 Å². The topological polar surface area (TPSA) is 82.2 Å². The fraction of sp³-hybridized carbons (Fsp3) is 0.667. The normalized spacial score (nSPS) is 12.4. The Labute approximate surface area is 107 Å². The van der Waals surface area contributed by atoms with Gasteiger partial charge in [-0.2, -0.15) is 5.10 Å². The highest BCUT2D eigenvalue weighted by Crippen LogP contribution is 2.16. The molecule has 3 N–H and O–H groups in total. The number of nitrogens with one attached hydrogen (secondary N) is 1. The van der Waals surface area contributed by atoms with Gasteiger partial charge in [0.15, 0.2) is 0 Å². The first-order valence-electron chi connectivity index (χ1n) is 6.16. The molecule has 1 amide bonds. The zero-order chi connectivity index (χ0) is 13.7. The van der Waals surface area contributed by atoms with Gasteiger partial charge in [0.1, 0.15) is 5.69 Å². The summed E-state index contributed by atoms with van der Waals surface area (Å²) in [7, 11) is 3.34. The van der Waals surface area contributed by atoms with E-state index in [4.69, 9.17) is 10.5 Å². The van der Waals surface area contributed by atoms with E-state index in [2.05, 4.69) is 10.4 Å². The molecule has 1 aromatic heterocycles. The Balaban J connectivity index is 2.87. The number of amides is 1. The molecule has 1 heterocycles. The molecule has 0 aliphatic heterocycles. The highest BCUT2D eigenvalue weighted by Gasteiger charge is 2.21. The molecular formula is C12H22N4O2. The van der Waals surface area contributed by atoms with Crippen LogP contribution in [-0.2, 0) is 18.2 Å². The number of hydrogen-bond donors (Lipinski definition) is 2. The van der Waals surface area contributed by atoms with Crippen LogP contribution < -0.4 is 11.1 Å². The van der Waals surface area contributed by atoms with Gasteiger partial charge in [-0.25, -0.2) is 0 Å². The maximum atomic E-state index is 12.2. The third-order valence-corrected chi connectivity index (χ3v) is 2.91. The summed E-state index contributed by atoms with van der Waals surface area (Å²) in [6.45, 7) is 4.44. The van der Waals surface area contributed by atoms with E-state index in [-0.39, 0.29) is 11.9 Å². The van der Waals surface area contributed by atoms with E-state index >= 15 is 0 Å². The van der Waals surface area contributed by atoms with Gasteiger partial charge in [0.05, 0.1) is 24.0 Å². The molecule has 1 atom stereocenters. The van der Waals surface area contributed by atoms with Gasteiger partial charge in [-0.05, 0) is 12.8 Å². The van der Waals surface area contributed by atoms with Gasteiger partial charge in [-0.15, -0.1) is 0 Å². The number of ether oxygens (including phenoxy) is 1. The predicted octanol–water partition coefficient (Wildman–Crippen LogP) is 0.719. The van der Waals surface area contributed by atoms with Crippen molar-refractivity contribution in [2.24, 2.45) is 7.05 Å². The first-order valence-corrected chi connectivity index (χ1v) is 6.16. The van der Waals surface area contributed by atoms with E-state index in [1.807, 2.05) is 13.8 Å². The second-order valence-electron chi connectivity index (χ2n) is 4.22. The van der Waals surface area contributed by atoms with E-state index in [1.54, 1.807) is 14.2 Å². The minimum absolute atomic E-state index is 0.0122. The van der Waals surface area contributed by atoms with Crippen LogP contribution in [0.15, 0.2) is 0 Å². The number of rotatable bonds is 6. The molecule has 0 aliphatic carbocycles. The van der Waals surface area contributed by atoms with Crippen molar-refractivity contribution in [3.8, 4) is 0 Å². The summed E-state index contributed by atoms with van der Waals surface area (Å²) in [5.41, 5.74) is 7.56. The van der Waals surface area contributed by atoms with E-state index in [9.17, 15) is 4.79 Å². The van der Waals surface area contributed by atoms with Crippen LogP contribution in [-0.4, -0.2) is 35.4 Å². The number of nitrogens with two attached hydrogens (primary N) is 1. The molecule has 102 valence electrons. The Morgan fingerprint density at radius 1 is 1.56 bits per heavy atom. The van der Waals surface area contributed by atoms with Crippen molar-refractivity contribution in [1.29, 1.82) is 0 Å².